The third-order valence-electron chi connectivity index (χ3n) is 13.2. The molecule has 4 bridgehead atoms. The van der Waals surface area contributed by atoms with E-state index in [0.717, 1.165) is 11.1 Å². The Kier molecular flexibility index (Phi) is 19.2. The van der Waals surface area contributed by atoms with Crippen LogP contribution in [0.4, 0.5) is 10.5 Å². The summed E-state index contributed by atoms with van der Waals surface area (Å²) < 4.78 is 39.7. The summed E-state index contributed by atoms with van der Waals surface area (Å²) in [6.45, 7) is 12.5. The van der Waals surface area contributed by atoms with Crippen LogP contribution in [0.25, 0.3) is 0 Å². The van der Waals surface area contributed by atoms with Gasteiger partial charge in [-0.3, -0.25) is 29.4 Å². The minimum atomic E-state index is -1.87. The van der Waals surface area contributed by atoms with Crippen molar-refractivity contribution in [2.75, 3.05) is 72.7 Å². The molecule has 0 aromatic heterocycles. The largest absolute Gasteiger partial charge is 0.495 e. The van der Waals surface area contributed by atoms with Crippen LogP contribution in [0.5, 0.6) is 5.75 Å². The molecule has 1 aromatic rings. The summed E-state index contributed by atoms with van der Waals surface area (Å²) >= 11 is 8.15. The van der Waals surface area contributed by atoms with Gasteiger partial charge < -0.3 is 53.8 Å². The third-order valence-corrected chi connectivity index (χ3v) is 15.1. The quantitative estimate of drug-likeness (QED) is 0.0818. The number of thioether (sulfide) groups is 1. The lowest BCUT2D eigenvalue weighted by atomic mass is 9.83. The number of hydrogen-bond acceptors (Lipinski definition) is 16. The Morgan fingerprint density at radius 2 is 1.80 bits per heavy atom. The number of esters is 1. The molecule has 0 saturated carbocycles. The van der Waals surface area contributed by atoms with E-state index in [1.54, 1.807) is 45.2 Å². The summed E-state index contributed by atoms with van der Waals surface area (Å²) in [4.78, 5) is 85.1. The van der Waals surface area contributed by atoms with E-state index in [-0.39, 0.29) is 61.6 Å². The second-order valence-corrected chi connectivity index (χ2v) is 21.2. The molecule has 21 heteroatoms. The topological polar surface area (TPSA) is 238 Å². The second-order valence-electron chi connectivity index (χ2n) is 18.9. The molecular weight excluding hydrogens is 938 g/mol. The minimum absolute atomic E-state index is 0.0134. The average Bonchev–Trinajstić information content (AvgIpc) is 3.93. The number of fused-ring (bicyclic) bond motifs is 5. The third kappa shape index (κ3) is 13.8. The van der Waals surface area contributed by atoms with Crippen molar-refractivity contribution in [3.05, 3.63) is 46.5 Å². The molecule has 9 atom stereocenters. The number of likely N-dealkylation sites (N-methyl/N-ethyl adjacent to an activating group) is 1. The van der Waals surface area contributed by atoms with Gasteiger partial charge in [-0.1, -0.05) is 56.2 Å². The van der Waals surface area contributed by atoms with Crippen molar-refractivity contribution in [2.24, 2.45) is 11.7 Å². The van der Waals surface area contributed by atoms with Crippen molar-refractivity contribution < 1.29 is 67.0 Å². The van der Waals surface area contributed by atoms with Crippen LogP contribution in [0.2, 0.25) is 5.02 Å². The number of epoxide rings is 1. The van der Waals surface area contributed by atoms with Gasteiger partial charge in [0.1, 0.15) is 40.7 Å². The SMILES string of the molecule is COc1cc2cc(c1Cl)N(C)C(=O)C[C@H](OC(=O)[C@H](C)N(C)C(=O)CCC(C)(C)SC1CC(=O)N(CCOCCOCCN)C1=O)[C@]1(C)O[C@H]1[C@H](C)[C@@H]1C[C@@](O)(NC(=O)O1)[C@H](OC)/C=C/C=C(\C)C2. The lowest BCUT2D eigenvalue weighted by Gasteiger charge is -2.42. The predicted molar refractivity (Wildman–Crippen MR) is 258 cm³/mol. The van der Waals surface area contributed by atoms with E-state index in [0.29, 0.717) is 50.6 Å². The van der Waals surface area contributed by atoms with Crippen molar-refractivity contribution in [3.8, 4) is 5.75 Å². The molecular formula is C48H70ClN5O14S. The van der Waals surface area contributed by atoms with Crippen LogP contribution in [-0.2, 0) is 58.8 Å². The van der Waals surface area contributed by atoms with Crippen LogP contribution in [0, 0.1) is 5.92 Å². The number of allylic oxidation sites excluding steroid dienone is 3. The Hall–Kier alpha value is -4.28. The Balaban J connectivity index is 1.31. The van der Waals surface area contributed by atoms with E-state index in [1.807, 2.05) is 26.8 Å². The van der Waals surface area contributed by atoms with Crippen molar-refractivity contribution in [2.45, 2.75) is 132 Å². The minimum Gasteiger partial charge on any atom is -0.495 e. The zero-order chi connectivity index (χ0) is 51.0. The molecule has 3 saturated heterocycles. The van der Waals surface area contributed by atoms with Gasteiger partial charge in [-0.2, -0.15) is 0 Å². The summed E-state index contributed by atoms with van der Waals surface area (Å²) in [7, 11) is 5.93. The first-order valence-electron chi connectivity index (χ1n) is 23.2. The number of nitrogens with zero attached hydrogens (tertiary/aromatic N) is 3. The first kappa shape index (κ1) is 55.6. The number of nitrogens with one attached hydrogen (secondary N) is 1. The normalized spacial score (nSPS) is 29.3. The van der Waals surface area contributed by atoms with Gasteiger partial charge in [-0.05, 0) is 51.3 Å². The van der Waals surface area contributed by atoms with E-state index < -0.39 is 75.7 Å². The molecule has 3 fully saturated rings. The highest BCUT2D eigenvalue weighted by atomic mass is 35.5. The second kappa shape index (κ2) is 23.8. The maximum Gasteiger partial charge on any atom is 0.409 e. The number of methoxy groups -OCH3 is 2. The zero-order valence-electron chi connectivity index (χ0n) is 41.4. The number of rotatable bonds is 18. The molecule has 4 aliphatic rings. The molecule has 5 rings (SSSR count). The van der Waals surface area contributed by atoms with Crippen molar-refractivity contribution in [1.29, 1.82) is 0 Å². The van der Waals surface area contributed by atoms with Gasteiger partial charge >= 0.3 is 12.1 Å². The summed E-state index contributed by atoms with van der Waals surface area (Å²) in [6, 6.07) is 2.44. The number of aliphatic hydroxyl groups is 1. The Bertz CT molecular complexity index is 2130. The number of amides is 5. The highest BCUT2D eigenvalue weighted by Gasteiger charge is 2.64. The number of benzene rings is 1. The van der Waals surface area contributed by atoms with E-state index >= 15 is 0 Å². The van der Waals surface area contributed by atoms with E-state index in [4.69, 9.17) is 50.5 Å². The van der Waals surface area contributed by atoms with Gasteiger partial charge in [0.25, 0.3) is 0 Å². The monoisotopic (exact) mass is 1010 g/mol. The van der Waals surface area contributed by atoms with E-state index in [9.17, 15) is 33.9 Å². The number of hydrogen-bond donors (Lipinski definition) is 3. The fourth-order valence-electron chi connectivity index (χ4n) is 8.79. The maximum atomic E-state index is 14.4. The van der Waals surface area contributed by atoms with Crippen LogP contribution >= 0.6 is 23.4 Å². The van der Waals surface area contributed by atoms with Gasteiger partial charge in [0.15, 0.2) is 5.72 Å². The molecule has 69 heavy (non-hydrogen) atoms. The highest BCUT2D eigenvalue weighted by molar-refractivity contribution is 8.02. The van der Waals surface area contributed by atoms with Crippen LogP contribution < -0.4 is 20.7 Å². The van der Waals surface area contributed by atoms with Crippen LogP contribution in [0.3, 0.4) is 0 Å². The number of likely N-dealkylation sites (tertiary alicyclic amines) is 1. The van der Waals surface area contributed by atoms with E-state index in [1.165, 1.54) is 54.7 Å². The molecule has 0 aliphatic carbocycles. The van der Waals surface area contributed by atoms with Crippen molar-refractivity contribution >= 4 is 64.7 Å². The van der Waals surface area contributed by atoms with Crippen LogP contribution in [-0.4, -0.2) is 170 Å². The molecule has 5 amide bonds. The Morgan fingerprint density at radius 1 is 1.10 bits per heavy atom. The first-order chi connectivity index (χ1) is 32.5. The average molecular weight is 1010 g/mol. The summed E-state index contributed by atoms with van der Waals surface area (Å²) in [5.41, 5.74) is 4.28. The van der Waals surface area contributed by atoms with Gasteiger partial charge in [0, 0.05) is 57.7 Å². The lowest BCUT2D eigenvalue weighted by Crippen LogP contribution is -2.63. The van der Waals surface area contributed by atoms with E-state index in [2.05, 4.69) is 5.32 Å². The maximum absolute atomic E-state index is 14.4. The van der Waals surface area contributed by atoms with Crippen molar-refractivity contribution in [3.63, 3.8) is 0 Å². The van der Waals surface area contributed by atoms with Crippen LogP contribution in [0.15, 0.2) is 35.9 Å². The van der Waals surface area contributed by atoms with Gasteiger partial charge in [0.2, 0.25) is 23.6 Å². The first-order valence-corrected chi connectivity index (χ1v) is 24.5. The number of anilines is 1. The number of ether oxygens (including phenoxy) is 7. The molecule has 4 heterocycles. The molecule has 384 valence electrons. The Labute approximate surface area is 414 Å². The molecule has 19 nitrogen and oxygen atoms in total. The fraction of sp³-hybridized carbons (Fsp3) is 0.667. The fourth-order valence-corrected chi connectivity index (χ4v) is 10.5. The number of imide groups is 1. The number of carbonyl (C=O) groups excluding carboxylic acids is 6. The van der Waals surface area contributed by atoms with Gasteiger partial charge in [-0.15, -0.1) is 11.8 Å². The van der Waals surface area contributed by atoms with Gasteiger partial charge in [0.05, 0.1) is 63.5 Å². The zero-order valence-corrected chi connectivity index (χ0v) is 42.9. The molecule has 1 aromatic carbocycles. The molecule has 0 spiro atoms. The number of carbonyl (C=O) groups is 6. The number of alkyl carbamates (subject to hydrolysis) is 1. The standard InChI is InChI=1S/C48H70ClN5O14S/c1-28-12-11-13-36(63-10)48(61)27-34(66-45(60)51-48)29(2)42-47(6,68-42)37(26-39(56)53(8)32-23-31(22-28)24-33(62-9)41(32)49)67-44(59)30(3)52(7)38(55)14-15-46(4,5)69-35-25-40(57)54(43(35)58)17-19-65-21-20-64-18-16-50/h11-13,23-24,29-30,34-37,42,61H,14-22,25-27,50H2,1-10H3,(H,51,60)/b13-11+,28-12+/t29-,30+,34+,35?,36-,37+,42+,47+,48+/m1/s1. The summed E-state index contributed by atoms with van der Waals surface area (Å²) in [5.74, 6) is -2.49. The molecule has 4 N–H and O–H groups in total. The number of nitrogens with two attached hydrogens (primary N) is 1. The summed E-state index contributed by atoms with van der Waals surface area (Å²) in [6.07, 6.45) is 0.866. The van der Waals surface area contributed by atoms with Crippen LogP contribution in [0.1, 0.15) is 79.2 Å². The lowest BCUT2D eigenvalue weighted by molar-refractivity contribution is -0.162. The number of halogens is 1. The molecule has 0 radical (unpaired) electrons. The highest BCUT2D eigenvalue weighted by Crippen LogP contribution is 2.49. The van der Waals surface area contributed by atoms with Crippen molar-refractivity contribution in [1.82, 2.24) is 15.1 Å². The Morgan fingerprint density at radius 3 is 2.46 bits per heavy atom. The van der Waals surface area contributed by atoms with Gasteiger partial charge in [-0.25, -0.2) is 9.59 Å². The molecule has 1 unspecified atom stereocenters. The summed E-state index contributed by atoms with van der Waals surface area (Å²) in [5, 5.41) is 13.9. The molecule has 4 aliphatic heterocycles. The smallest absolute Gasteiger partial charge is 0.409 e. The predicted octanol–water partition coefficient (Wildman–Crippen LogP) is 3.93.